The molecule has 0 unspecified atom stereocenters. The van der Waals surface area contributed by atoms with Crippen molar-refractivity contribution in [1.82, 2.24) is 0 Å². The first-order valence-corrected chi connectivity index (χ1v) is 19.4. The molecule has 0 aliphatic heterocycles. The summed E-state index contributed by atoms with van der Waals surface area (Å²) in [5.41, 5.74) is -0.787. The predicted molar refractivity (Wildman–Crippen MR) is 186 cm³/mol. The first-order valence-electron chi connectivity index (χ1n) is 18.0. The van der Waals surface area contributed by atoms with Crippen LogP contribution in [-0.2, 0) is 19.6 Å². The van der Waals surface area contributed by atoms with E-state index in [0.29, 0.717) is 12.8 Å². The van der Waals surface area contributed by atoms with Gasteiger partial charge in [-0.25, -0.2) is 18.0 Å². The molecule has 0 heterocycles. The van der Waals surface area contributed by atoms with Crippen LogP contribution in [0, 0.1) is 0 Å². The van der Waals surface area contributed by atoms with E-state index >= 15 is 0 Å². The van der Waals surface area contributed by atoms with Crippen LogP contribution in [0.25, 0.3) is 0 Å². The van der Waals surface area contributed by atoms with Crippen molar-refractivity contribution >= 4 is 22.1 Å². The summed E-state index contributed by atoms with van der Waals surface area (Å²) in [5, 5.41) is 0. The molecule has 0 fully saturated rings. The second kappa shape index (κ2) is 30.6. The Morgan fingerprint density at radius 2 is 0.957 bits per heavy atom. The summed E-state index contributed by atoms with van der Waals surface area (Å²) in [6.07, 6.45) is 33.5. The number of allylic oxidation sites excluding steroid dienone is 4. The summed E-state index contributed by atoms with van der Waals surface area (Å²) in [6, 6.07) is 3.60. The molecular formula is C38H61NaO7S. The van der Waals surface area contributed by atoms with Gasteiger partial charge in [0.2, 0.25) is 0 Å². The maximum Gasteiger partial charge on any atom is 1.00 e. The molecule has 0 N–H and O–H groups in total. The maximum atomic E-state index is 12.9. The van der Waals surface area contributed by atoms with Gasteiger partial charge < -0.3 is 14.0 Å². The molecule has 0 aliphatic rings. The average molecular weight is 685 g/mol. The smallest absolute Gasteiger partial charge is 0.744 e. The molecule has 47 heavy (non-hydrogen) atoms. The third-order valence-corrected chi connectivity index (χ3v) is 9.07. The van der Waals surface area contributed by atoms with Crippen molar-refractivity contribution in [3.05, 3.63) is 53.6 Å². The van der Waals surface area contributed by atoms with Crippen LogP contribution in [-0.4, -0.2) is 38.1 Å². The van der Waals surface area contributed by atoms with Crippen molar-refractivity contribution in [2.24, 2.45) is 0 Å². The van der Waals surface area contributed by atoms with Gasteiger partial charge in [0, 0.05) is 0 Å². The van der Waals surface area contributed by atoms with E-state index < -0.39 is 32.5 Å². The fourth-order valence-electron chi connectivity index (χ4n) is 5.49. The molecule has 1 aromatic carbocycles. The van der Waals surface area contributed by atoms with E-state index in [0.717, 1.165) is 44.6 Å². The molecule has 0 bridgehead atoms. The van der Waals surface area contributed by atoms with E-state index in [2.05, 4.69) is 38.2 Å². The number of carbonyl (C=O) groups excluding carboxylic acids is 2. The molecule has 0 saturated carbocycles. The second-order valence-corrected chi connectivity index (χ2v) is 13.5. The Hall–Kier alpha value is -1.45. The van der Waals surface area contributed by atoms with Gasteiger partial charge in [-0.15, -0.1) is 0 Å². The number of ether oxygens (including phenoxy) is 2. The third-order valence-electron chi connectivity index (χ3n) is 8.19. The SMILES string of the molecule is C/C=C/CCCCCCCCCCCCOC(=O)c1cccc(S(=O)(=O)[O-])c1C(=O)OCCCCCCCCCCCC/C=C/C.[Na+]. The summed E-state index contributed by atoms with van der Waals surface area (Å²) in [6.45, 7) is 4.36. The summed E-state index contributed by atoms with van der Waals surface area (Å²) in [4.78, 5) is 25.0. The van der Waals surface area contributed by atoms with Crippen LogP contribution in [0.5, 0.6) is 0 Å². The topological polar surface area (TPSA) is 110 Å². The molecular weight excluding hydrogens is 623 g/mol. The van der Waals surface area contributed by atoms with Crippen molar-refractivity contribution in [3.63, 3.8) is 0 Å². The normalized spacial score (nSPS) is 11.6. The van der Waals surface area contributed by atoms with E-state index in [4.69, 9.17) is 9.47 Å². The van der Waals surface area contributed by atoms with Gasteiger partial charge in [0.05, 0.1) is 29.2 Å². The van der Waals surface area contributed by atoms with Crippen LogP contribution in [0.15, 0.2) is 47.4 Å². The quantitative estimate of drug-likeness (QED) is 0.0280. The number of rotatable bonds is 29. The zero-order chi connectivity index (χ0) is 33.7. The molecule has 9 heteroatoms. The minimum absolute atomic E-state index is 0. The fraction of sp³-hybridized carbons (Fsp3) is 0.684. The standard InChI is InChI=1S/C38H62O7S.Na/c1-3-5-7-9-11-13-15-17-19-21-23-25-27-32-44-37(39)34-30-29-31-35(46(41,42)43)36(34)38(40)45-33-28-26-24-22-20-18-16-14-12-10-8-6-4-2;/h3-6,29-31H,7-28,32-33H2,1-2H3,(H,41,42,43);/q;+1/p-1/b5-3+,6-4+;. The molecule has 0 spiro atoms. The van der Waals surface area contributed by atoms with E-state index in [1.165, 1.54) is 102 Å². The Morgan fingerprint density at radius 1 is 0.596 bits per heavy atom. The molecule has 1 aromatic rings. The zero-order valence-electron chi connectivity index (χ0n) is 29.8. The van der Waals surface area contributed by atoms with Gasteiger partial charge in [0.1, 0.15) is 10.1 Å². The number of esters is 2. The second-order valence-electron chi connectivity index (χ2n) is 12.2. The molecule has 0 atom stereocenters. The van der Waals surface area contributed by atoms with E-state index in [1.54, 1.807) is 0 Å². The van der Waals surface area contributed by atoms with E-state index in [-0.39, 0.29) is 48.3 Å². The van der Waals surface area contributed by atoms with Gasteiger partial charge in [-0.2, -0.15) is 0 Å². The number of hydrogen-bond acceptors (Lipinski definition) is 7. The minimum atomic E-state index is -5.01. The number of unbranched alkanes of at least 4 members (excludes halogenated alkanes) is 20. The molecule has 0 saturated heterocycles. The fourth-order valence-corrected chi connectivity index (χ4v) is 6.18. The van der Waals surface area contributed by atoms with E-state index in [9.17, 15) is 22.6 Å². The molecule has 0 amide bonds. The Bertz CT molecular complexity index is 1120. The van der Waals surface area contributed by atoms with Gasteiger partial charge in [-0.3, -0.25) is 0 Å². The van der Waals surface area contributed by atoms with Crippen molar-refractivity contribution in [3.8, 4) is 0 Å². The first kappa shape index (κ1) is 45.6. The minimum Gasteiger partial charge on any atom is -0.744 e. The Kier molecular flexibility index (Phi) is 29.7. The van der Waals surface area contributed by atoms with Gasteiger partial charge >= 0.3 is 41.5 Å². The van der Waals surface area contributed by atoms with Crippen LogP contribution >= 0.6 is 0 Å². The van der Waals surface area contributed by atoms with Crippen LogP contribution < -0.4 is 29.6 Å². The molecule has 0 aromatic heterocycles. The van der Waals surface area contributed by atoms with E-state index in [1.807, 2.05) is 0 Å². The predicted octanol–water partition coefficient (Wildman–Crippen LogP) is 7.64. The van der Waals surface area contributed by atoms with Gasteiger partial charge in [-0.05, 0) is 64.5 Å². The first-order chi connectivity index (χ1) is 22.3. The van der Waals surface area contributed by atoms with Crippen molar-refractivity contribution < 1.29 is 61.6 Å². The van der Waals surface area contributed by atoms with Crippen LogP contribution in [0.4, 0.5) is 0 Å². The van der Waals surface area contributed by atoms with Crippen molar-refractivity contribution in [2.75, 3.05) is 13.2 Å². The number of hydrogen-bond donors (Lipinski definition) is 0. The number of benzene rings is 1. The molecule has 0 radical (unpaired) electrons. The summed E-state index contributed by atoms with van der Waals surface area (Å²) < 4.78 is 46.4. The number of carbonyl (C=O) groups is 2. The summed E-state index contributed by atoms with van der Waals surface area (Å²) in [5.74, 6) is -1.82. The Labute approximate surface area is 308 Å². The third kappa shape index (κ3) is 23.5. The van der Waals surface area contributed by atoms with Gasteiger partial charge in [0.15, 0.2) is 0 Å². The maximum absolute atomic E-state index is 12.9. The Balaban J connectivity index is 0.0000212. The van der Waals surface area contributed by atoms with Crippen molar-refractivity contribution in [1.29, 1.82) is 0 Å². The largest absolute Gasteiger partial charge is 1.00 e. The summed E-state index contributed by atoms with van der Waals surface area (Å²) >= 11 is 0. The molecule has 262 valence electrons. The van der Waals surface area contributed by atoms with Crippen LogP contribution in [0.1, 0.15) is 176 Å². The zero-order valence-corrected chi connectivity index (χ0v) is 32.6. The van der Waals surface area contributed by atoms with Gasteiger partial charge in [0.25, 0.3) is 0 Å². The molecule has 0 aliphatic carbocycles. The van der Waals surface area contributed by atoms with Crippen LogP contribution in [0.3, 0.4) is 0 Å². The van der Waals surface area contributed by atoms with Gasteiger partial charge in [-0.1, -0.05) is 133 Å². The monoisotopic (exact) mass is 684 g/mol. The van der Waals surface area contributed by atoms with Crippen LogP contribution in [0.2, 0.25) is 0 Å². The molecule has 7 nitrogen and oxygen atoms in total. The van der Waals surface area contributed by atoms with Crippen molar-refractivity contribution in [2.45, 2.75) is 160 Å². The summed E-state index contributed by atoms with van der Waals surface area (Å²) in [7, 11) is -5.01. The Morgan fingerprint density at radius 3 is 1.34 bits per heavy atom. The molecule has 1 rings (SSSR count). The average Bonchev–Trinajstić information content (AvgIpc) is 3.04.